The van der Waals surface area contributed by atoms with Gasteiger partial charge in [-0.25, -0.2) is 0 Å². The number of rotatable bonds is 2. The Bertz CT molecular complexity index is 405. The molecule has 17 heavy (non-hydrogen) atoms. The Morgan fingerprint density at radius 1 is 1.53 bits per heavy atom. The van der Waals surface area contributed by atoms with E-state index in [4.69, 9.17) is 5.73 Å². The molecule has 4 nitrogen and oxygen atoms in total. The highest BCUT2D eigenvalue weighted by Gasteiger charge is 2.25. The van der Waals surface area contributed by atoms with Gasteiger partial charge in [0.15, 0.2) is 0 Å². The van der Waals surface area contributed by atoms with E-state index < -0.39 is 0 Å². The third-order valence-electron chi connectivity index (χ3n) is 3.38. The van der Waals surface area contributed by atoms with Gasteiger partial charge in [-0.1, -0.05) is 6.42 Å². The molecule has 0 bridgehead atoms. The summed E-state index contributed by atoms with van der Waals surface area (Å²) in [7, 11) is 0. The van der Waals surface area contributed by atoms with Gasteiger partial charge in [-0.15, -0.1) is 0 Å². The summed E-state index contributed by atoms with van der Waals surface area (Å²) >= 11 is 0. The third kappa shape index (κ3) is 3.03. The summed E-state index contributed by atoms with van der Waals surface area (Å²) in [5.74, 6) is 0.134. The maximum Gasteiger partial charge on any atom is 0.227 e. The zero-order valence-corrected chi connectivity index (χ0v) is 10.1. The van der Waals surface area contributed by atoms with E-state index in [0.717, 1.165) is 36.9 Å². The number of aryl methyl sites for hydroxylation is 1. The van der Waals surface area contributed by atoms with Gasteiger partial charge in [-0.05, 0) is 37.8 Å². The number of hydrogen-bond acceptors (Lipinski definition) is 3. The van der Waals surface area contributed by atoms with Crippen LogP contribution in [0.5, 0.6) is 0 Å². The number of nitrogens with zero attached hydrogens (tertiary/aromatic N) is 1. The van der Waals surface area contributed by atoms with Crippen molar-refractivity contribution in [3.05, 3.63) is 24.0 Å². The molecule has 2 rings (SSSR count). The second-order valence-electron chi connectivity index (χ2n) is 4.80. The van der Waals surface area contributed by atoms with Gasteiger partial charge in [0.05, 0.1) is 11.9 Å². The van der Waals surface area contributed by atoms with Gasteiger partial charge < -0.3 is 11.1 Å². The summed E-state index contributed by atoms with van der Waals surface area (Å²) in [5.41, 5.74) is 7.73. The molecule has 0 aromatic carbocycles. The number of hydrogen-bond donors (Lipinski definition) is 2. The van der Waals surface area contributed by atoms with E-state index in [1.165, 1.54) is 0 Å². The van der Waals surface area contributed by atoms with Crippen LogP contribution in [0.3, 0.4) is 0 Å². The van der Waals surface area contributed by atoms with E-state index in [9.17, 15) is 4.79 Å². The smallest absolute Gasteiger partial charge is 0.227 e. The minimum Gasteiger partial charge on any atom is -0.328 e. The third-order valence-corrected chi connectivity index (χ3v) is 3.38. The lowest BCUT2D eigenvalue weighted by Gasteiger charge is -2.25. The van der Waals surface area contributed by atoms with Crippen LogP contribution in [0.1, 0.15) is 31.2 Å². The fourth-order valence-corrected chi connectivity index (χ4v) is 2.30. The van der Waals surface area contributed by atoms with Crippen LogP contribution in [0.15, 0.2) is 18.5 Å². The Morgan fingerprint density at radius 3 is 3.06 bits per heavy atom. The van der Waals surface area contributed by atoms with Crippen molar-refractivity contribution in [3.63, 3.8) is 0 Å². The van der Waals surface area contributed by atoms with Crippen LogP contribution in [0.25, 0.3) is 0 Å². The SMILES string of the molecule is Cc1ccncc1NC(=O)C1CCCC(N)C1. The molecule has 3 N–H and O–H groups in total. The minimum atomic E-state index is 0.0540. The molecule has 1 aliphatic carbocycles. The average Bonchev–Trinajstić information content (AvgIpc) is 2.32. The lowest BCUT2D eigenvalue weighted by atomic mass is 9.85. The first kappa shape index (κ1) is 12.0. The van der Waals surface area contributed by atoms with Crippen molar-refractivity contribution >= 4 is 11.6 Å². The van der Waals surface area contributed by atoms with Crippen molar-refractivity contribution in [2.45, 2.75) is 38.6 Å². The van der Waals surface area contributed by atoms with Crippen molar-refractivity contribution in [2.24, 2.45) is 11.7 Å². The number of amides is 1. The fourth-order valence-electron chi connectivity index (χ4n) is 2.30. The Morgan fingerprint density at radius 2 is 2.35 bits per heavy atom. The number of nitrogens with two attached hydrogens (primary N) is 1. The molecule has 92 valence electrons. The molecule has 2 unspecified atom stereocenters. The van der Waals surface area contributed by atoms with E-state index >= 15 is 0 Å². The quantitative estimate of drug-likeness (QED) is 0.819. The van der Waals surface area contributed by atoms with E-state index in [0.29, 0.717) is 0 Å². The lowest BCUT2D eigenvalue weighted by molar-refractivity contribution is -0.120. The maximum atomic E-state index is 12.1. The van der Waals surface area contributed by atoms with Gasteiger partial charge in [-0.2, -0.15) is 0 Å². The van der Waals surface area contributed by atoms with Crippen LogP contribution in [-0.4, -0.2) is 16.9 Å². The first-order chi connectivity index (χ1) is 8.16. The molecular weight excluding hydrogens is 214 g/mol. The van der Waals surface area contributed by atoms with Crippen molar-refractivity contribution < 1.29 is 4.79 Å². The maximum absolute atomic E-state index is 12.1. The molecular formula is C13H19N3O. The van der Waals surface area contributed by atoms with E-state index in [1.807, 2.05) is 13.0 Å². The van der Waals surface area contributed by atoms with Crippen LogP contribution in [0.2, 0.25) is 0 Å². The molecule has 2 atom stereocenters. The van der Waals surface area contributed by atoms with Crippen molar-refractivity contribution in [3.8, 4) is 0 Å². The first-order valence-electron chi connectivity index (χ1n) is 6.14. The number of pyridine rings is 1. The predicted molar refractivity (Wildman–Crippen MR) is 67.5 cm³/mol. The first-order valence-corrected chi connectivity index (χ1v) is 6.14. The highest BCUT2D eigenvalue weighted by atomic mass is 16.1. The van der Waals surface area contributed by atoms with Gasteiger partial charge in [0.2, 0.25) is 5.91 Å². The zero-order chi connectivity index (χ0) is 12.3. The Balaban J connectivity index is 1.99. The van der Waals surface area contributed by atoms with Gasteiger partial charge in [0, 0.05) is 18.2 Å². The molecule has 4 heteroatoms. The summed E-state index contributed by atoms with van der Waals surface area (Å²) in [6.07, 6.45) is 7.24. The summed E-state index contributed by atoms with van der Waals surface area (Å²) in [6.45, 7) is 1.96. The summed E-state index contributed by atoms with van der Waals surface area (Å²) < 4.78 is 0. The number of aromatic nitrogens is 1. The Hall–Kier alpha value is -1.42. The molecule has 0 aliphatic heterocycles. The van der Waals surface area contributed by atoms with Crippen molar-refractivity contribution in [1.29, 1.82) is 0 Å². The number of carbonyl (C=O) groups is 1. The van der Waals surface area contributed by atoms with Crippen LogP contribution < -0.4 is 11.1 Å². The molecule has 1 aromatic heterocycles. The largest absolute Gasteiger partial charge is 0.328 e. The van der Waals surface area contributed by atoms with Crippen molar-refractivity contribution in [2.75, 3.05) is 5.32 Å². The topological polar surface area (TPSA) is 68.0 Å². The van der Waals surface area contributed by atoms with E-state index in [1.54, 1.807) is 12.4 Å². The lowest BCUT2D eigenvalue weighted by Crippen LogP contribution is -2.34. The monoisotopic (exact) mass is 233 g/mol. The summed E-state index contributed by atoms with van der Waals surface area (Å²) in [6, 6.07) is 2.07. The van der Waals surface area contributed by atoms with E-state index in [-0.39, 0.29) is 17.9 Å². The Kier molecular flexibility index (Phi) is 3.74. The van der Waals surface area contributed by atoms with Crippen LogP contribution >= 0.6 is 0 Å². The second-order valence-corrected chi connectivity index (χ2v) is 4.80. The van der Waals surface area contributed by atoms with Crippen LogP contribution in [-0.2, 0) is 4.79 Å². The van der Waals surface area contributed by atoms with Gasteiger partial charge in [-0.3, -0.25) is 9.78 Å². The molecule has 1 saturated carbocycles. The predicted octanol–water partition coefficient (Wildman–Crippen LogP) is 1.85. The van der Waals surface area contributed by atoms with Crippen molar-refractivity contribution in [1.82, 2.24) is 4.98 Å². The summed E-state index contributed by atoms with van der Waals surface area (Å²) in [4.78, 5) is 16.1. The minimum absolute atomic E-state index is 0.0540. The highest BCUT2D eigenvalue weighted by Crippen LogP contribution is 2.24. The molecule has 1 fully saturated rings. The fraction of sp³-hybridized carbons (Fsp3) is 0.538. The number of carbonyl (C=O) groups excluding carboxylic acids is 1. The van der Waals surface area contributed by atoms with Gasteiger partial charge in [0.25, 0.3) is 0 Å². The molecule has 0 spiro atoms. The summed E-state index contributed by atoms with van der Waals surface area (Å²) in [5, 5.41) is 2.94. The average molecular weight is 233 g/mol. The molecule has 1 aliphatic rings. The molecule has 1 amide bonds. The second kappa shape index (κ2) is 5.27. The van der Waals surface area contributed by atoms with Gasteiger partial charge in [0.1, 0.15) is 0 Å². The number of anilines is 1. The van der Waals surface area contributed by atoms with Crippen LogP contribution in [0, 0.1) is 12.8 Å². The molecule has 1 heterocycles. The molecule has 0 radical (unpaired) electrons. The zero-order valence-electron chi connectivity index (χ0n) is 10.1. The molecule has 1 aromatic rings. The molecule has 0 saturated heterocycles. The number of nitrogens with one attached hydrogen (secondary N) is 1. The standard InChI is InChI=1S/C13H19N3O/c1-9-5-6-15-8-12(9)16-13(17)10-3-2-4-11(14)7-10/h5-6,8,10-11H,2-4,7,14H2,1H3,(H,16,17). The van der Waals surface area contributed by atoms with Crippen LogP contribution in [0.4, 0.5) is 5.69 Å². The van der Waals surface area contributed by atoms with Gasteiger partial charge >= 0.3 is 0 Å². The normalized spacial score (nSPS) is 24.4. The Labute approximate surface area is 102 Å². The van der Waals surface area contributed by atoms with E-state index in [2.05, 4.69) is 10.3 Å². The highest BCUT2D eigenvalue weighted by molar-refractivity contribution is 5.93.